The minimum atomic E-state index is -4.18. The lowest BCUT2D eigenvalue weighted by Crippen LogP contribution is -2.40. The van der Waals surface area contributed by atoms with Crippen molar-refractivity contribution in [2.24, 2.45) is 0 Å². The van der Waals surface area contributed by atoms with Gasteiger partial charge in [0.05, 0.1) is 0 Å². The molecule has 9 nitrogen and oxygen atoms in total. The van der Waals surface area contributed by atoms with Crippen LogP contribution in [-0.2, 0) is 14.8 Å². The number of carboxylic acid groups (broad SMARTS) is 1. The third-order valence-electron chi connectivity index (χ3n) is 2.14. The molecule has 1 unspecified atom stereocenters. The van der Waals surface area contributed by atoms with Crippen LogP contribution in [0.15, 0.2) is 23.2 Å². The number of carboxylic acids is 1. The molecule has 2 N–H and O–H groups in total. The summed E-state index contributed by atoms with van der Waals surface area (Å²) in [6, 6.07) is 0.355. The van der Waals surface area contributed by atoms with E-state index in [1.54, 1.807) is 0 Å². The fraction of sp³-hybridized carbons (Fsp3) is 0.200. The smallest absolute Gasteiger partial charge is 0.363 e. The molecule has 0 bridgehead atoms. The number of nitro groups is 1. The number of aromatic nitrogens is 1. The Kier molecular flexibility index (Phi) is 4.73. The van der Waals surface area contributed by atoms with Gasteiger partial charge in [-0.05, 0) is 16.0 Å². The zero-order valence-electron chi connectivity index (χ0n) is 9.88. The number of hydrogen-bond acceptors (Lipinski definition) is 6. The number of aliphatic carboxylic acids is 1. The van der Waals surface area contributed by atoms with Gasteiger partial charge in [0, 0.05) is 12.5 Å². The molecule has 1 heterocycles. The Morgan fingerprint density at radius 1 is 1.60 bits per heavy atom. The summed E-state index contributed by atoms with van der Waals surface area (Å²) in [6.45, 7) is 0. The van der Waals surface area contributed by atoms with Gasteiger partial charge in [-0.3, -0.25) is 4.79 Å². The van der Waals surface area contributed by atoms with Gasteiger partial charge >= 0.3 is 11.8 Å². The van der Waals surface area contributed by atoms with Crippen LogP contribution < -0.4 is 4.72 Å². The minimum absolute atomic E-state index is 0.338. The number of hydrogen-bond donors (Lipinski definition) is 2. The van der Waals surface area contributed by atoms with Gasteiger partial charge in [0.15, 0.2) is 6.20 Å². The van der Waals surface area contributed by atoms with Crippen molar-refractivity contribution < 1.29 is 23.2 Å². The maximum atomic E-state index is 11.9. The number of nitrogens with one attached hydrogen (secondary N) is 1. The first-order chi connectivity index (χ1) is 9.27. The second-order valence-corrected chi connectivity index (χ2v) is 5.24. The Morgan fingerprint density at radius 2 is 2.25 bits per heavy atom. The van der Waals surface area contributed by atoms with Crippen molar-refractivity contribution in [3.05, 3.63) is 28.4 Å². The first-order valence-electron chi connectivity index (χ1n) is 5.07. The van der Waals surface area contributed by atoms with Crippen molar-refractivity contribution >= 4 is 21.8 Å². The fourth-order valence-corrected chi connectivity index (χ4v) is 2.33. The van der Waals surface area contributed by atoms with Gasteiger partial charge in [-0.15, -0.1) is 12.3 Å². The van der Waals surface area contributed by atoms with E-state index in [-0.39, 0.29) is 6.42 Å². The summed E-state index contributed by atoms with van der Waals surface area (Å²) in [5.74, 6) is 0.0797. The Morgan fingerprint density at radius 3 is 2.65 bits per heavy atom. The Balaban J connectivity index is 3.01. The maximum Gasteiger partial charge on any atom is 0.363 e. The molecule has 0 radical (unpaired) electrons. The summed E-state index contributed by atoms with van der Waals surface area (Å²) < 4.78 is 25.6. The molecule has 0 saturated heterocycles. The molecule has 20 heavy (non-hydrogen) atoms. The average molecular weight is 299 g/mol. The first-order valence-corrected chi connectivity index (χ1v) is 6.55. The van der Waals surface area contributed by atoms with E-state index in [0.717, 1.165) is 18.3 Å². The highest BCUT2D eigenvalue weighted by Gasteiger charge is 2.26. The second-order valence-electron chi connectivity index (χ2n) is 3.53. The van der Waals surface area contributed by atoms with Crippen LogP contribution >= 0.6 is 0 Å². The third kappa shape index (κ3) is 3.74. The minimum Gasteiger partial charge on any atom is -0.480 e. The predicted octanol–water partition coefficient (Wildman–Crippen LogP) is -0.255. The van der Waals surface area contributed by atoms with Crippen molar-refractivity contribution in [1.29, 1.82) is 0 Å². The van der Waals surface area contributed by atoms with E-state index in [1.807, 2.05) is 10.6 Å². The van der Waals surface area contributed by atoms with Gasteiger partial charge in [0.2, 0.25) is 10.0 Å². The maximum absolute atomic E-state index is 11.9. The van der Waals surface area contributed by atoms with E-state index in [9.17, 15) is 23.3 Å². The number of carbonyl (C=O) groups is 1. The van der Waals surface area contributed by atoms with E-state index in [2.05, 4.69) is 4.98 Å². The topological polar surface area (TPSA) is 140 Å². The summed E-state index contributed by atoms with van der Waals surface area (Å²) in [6.07, 6.45) is 5.36. The quantitative estimate of drug-likeness (QED) is 0.419. The lowest BCUT2D eigenvalue weighted by Gasteiger charge is -2.11. The van der Waals surface area contributed by atoms with E-state index in [1.165, 1.54) is 0 Å². The lowest BCUT2D eigenvalue weighted by atomic mass is 10.2. The zero-order chi connectivity index (χ0) is 15.3. The molecule has 1 atom stereocenters. The normalized spacial score (nSPS) is 12.3. The Bertz CT molecular complexity index is 661. The number of terminal acetylenes is 1. The van der Waals surface area contributed by atoms with Crippen LogP contribution in [0.25, 0.3) is 0 Å². The summed E-state index contributed by atoms with van der Waals surface area (Å²) in [5, 5.41) is 19.2. The Hall–Kier alpha value is -2.51. The largest absolute Gasteiger partial charge is 0.480 e. The van der Waals surface area contributed by atoms with Crippen molar-refractivity contribution in [1.82, 2.24) is 9.71 Å². The van der Waals surface area contributed by atoms with Gasteiger partial charge in [-0.2, -0.15) is 4.72 Å². The molecule has 0 amide bonds. The van der Waals surface area contributed by atoms with Crippen LogP contribution in [0.4, 0.5) is 5.82 Å². The molecular formula is C10H9N3O6S. The second kappa shape index (κ2) is 6.09. The predicted molar refractivity (Wildman–Crippen MR) is 66.1 cm³/mol. The van der Waals surface area contributed by atoms with Crippen LogP contribution in [0.5, 0.6) is 0 Å². The molecular weight excluding hydrogens is 290 g/mol. The molecule has 0 aliphatic heterocycles. The molecule has 0 spiro atoms. The van der Waals surface area contributed by atoms with Crippen LogP contribution in [0.3, 0.4) is 0 Å². The highest BCUT2D eigenvalue weighted by atomic mass is 32.2. The van der Waals surface area contributed by atoms with Crippen molar-refractivity contribution in [2.75, 3.05) is 0 Å². The van der Waals surface area contributed by atoms with E-state index in [0.29, 0.717) is 0 Å². The molecule has 10 heteroatoms. The lowest BCUT2D eigenvalue weighted by molar-refractivity contribution is -0.389. The van der Waals surface area contributed by atoms with Crippen molar-refractivity contribution in [2.45, 2.75) is 17.4 Å². The average Bonchev–Trinajstić information content (AvgIpc) is 2.38. The molecule has 0 fully saturated rings. The standard InChI is InChI=1S/C10H9N3O6S/c1-2-3-8(10(14)15)12-20(18,19)7-4-5-9(11-6-7)13(16)17/h1,4-6,8,12H,3H2,(H,14,15). The van der Waals surface area contributed by atoms with E-state index < -0.39 is 37.7 Å². The Labute approximate surface area is 113 Å². The highest BCUT2D eigenvalue weighted by molar-refractivity contribution is 7.89. The summed E-state index contributed by atoms with van der Waals surface area (Å²) >= 11 is 0. The van der Waals surface area contributed by atoms with Gasteiger partial charge in [-0.25, -0.2) is 8.42 Å². The number of rotatable bonds is 6. The van der Waals surface area contributed by atoms with Crippen LogP contribution in [-0.4, -0.2) is 35.4 Å². The summed E-state index contributed by atoms with van der Waals surface area (Å²) in [4.78, 5) is 23.4. The number of nitrogens with zero attached hydrogens (tertiary/aromatic N) is 2. The zero-order valence-corrected chi connectivity index (χ0v) is 10.7. The number of pyridine rings is 1. The molecule has 1 aromatic heterocycles. The fourth-order valence-electron chi connectivity index (χ4n) is 1.19. The molecule has 0 aliphatic carbocycles. The molecule has 0 aromatic carbocycles. The van der Waals surface area contributed by atoms with E-state index in [4.69, 9.17) is 11.5 Å². The molecule has 0 saturated carbocycles. The van der Waals surface area contributed by atoms with Crippen molar-refractivity contribution in [3.63, 3.8) is 0 Å². The summed E-state index contributed by atoms with van der Waals surface area (Å²) in [7, 11) is -4.18. The van der Waals surface area contributed by atoms with Gasteiger partial charge < -0.3 is 15.2 Å². The third-order valence-corrected chi connectivity index (χ3v) is 3.59. The molecule has 1 rings (SSSR count). The SMILES string of the molecule is C#CCC(NS(=O)(=O)c1ccc([N+](=O)[O-])nc1)C(=O)O. The highest BCUT2D eigenvalue weighted by Crippen LogP contribution is 2.13. The molecule has 1 aromatic rings. The van der Waals surface area contributed by atoms with Crippen LogP contribution in [0.1, 0.15) is 6.42 Å². The van der Waals surface area contributed by atoms with Crippen molar-refractivity contribution in [3.8, 4) is 12.3 Å². The van der Waals surface area contributed by atoms with Crippen LogP contribution in [0, 0.1) is 22.5 Å². The summed E-state index contributed by atoms with van der Waals surface area (Å²) in [5.41, 5.74) is 0. The monoisotopic (exact) mass is 299 g/mol. The van der Waals surface area contributed by atoms with E-state index >= 15 is 0 Å². The molecule has 0 aliphatic rings. The van der Waals surface area contributed by atoms with Gasteiger partial charge in [0.25, 0.3) is 0 Å². The number of sulfonamides is 1. The molecule has 106 valence electrons. The van der Waals surface area contributed by atoms with Gasteiger partial charge in [0.1, 0.15) is 10.9 Å². The first kappa shape index (κ1) is 15.5. The van der Waals surface area contributed by atoms with Crippen LogP contribution in [0.2, 0.25) is 0 Å². The van der Waals surface area contributed by atoms with Gasteiger partial charge in [-0.1, -0.05) is 0 Å².